The predicted molar refractivity (Wildman–Crippen MR) is 139 cm³/mol. The van der Waals surface area contributed by atoms with E-state index in [-0.39, 0.29) is 31.4 Å². The molecular weight excluding hydrogens is 472 g/mol. The number of allylic oxidation sites excluding steroid dienone is 1. The van der Waals surface area contributed by atoms with Gasteiger partial charge in [0.25, 0.3) is 0 Å². The Hall–Kier alpha value is -1.54. The van der Waals surface area contributed by atoms with Gasteiger partial charge in [-0.3, -0.25) is 9.59 Å². The minimum Gasteiger partial charge on any atom is -0.459 e. The van der Waals surface area contributed by atoms with E-state index in [2.05, 4.69) is 6.92 Å². The van der Waals surface area contributed by atoms with Crippen LogP contribution < -0.4 is 0 Å². The largest absolute Gasteiger partial charge is 0.459 e. The van der Waals surface area contributed by atoms with Gasteiger partial charge < -0.3 is 25.2 Å². The monoisotopic (exact) mass is 518 g/mol. The standard InChI is InChI=1S/C30H46O7/c1-6-7-8-9-10-11-12-13-23(32)37-22-17-28(34)20(24-27(4,5)30(22,24)36)14-19(18-31)15-29(35)21(28)16-26(2,3)25(29)33/h14,16,20,22,24,31,34-36H,6-13,15,17-18H2,1-5H3/t20-,22+,24+,28+,29+,30-/m0/s1. The highest BCUT2D eigenvalue weighted by molar-refractivity contribution is 6.00. The van der Waals surface area contributed by atoms with E-state index in [0.717, 1.165) is 19.3 Å². The molecule has 2 fully saturated rings. The van der Waals surface area contributed by atoms with E-state index < -0.39 is 57.3 Å². The van der Waals surface area contributed by atoms with Crippen LogP contribution in [-0.2, 0) is 14.3 Å². The molecule has 4 aliphatic carbocycles. The van der Waals surface area contributed by atoms with E-state index in [4.69, 9.17) is 4.74 Å². The first-order valence-electron chi connectivity index (χ1n) is 14.2. The molecule has 0 unspecified atom stereocenters. The summed E-state index contributed by atoms with van der Waals surface area (Å²) in [5, 5.41) is 45.8. The molecule has 0 aromatic rings. The molecule has 7 nitrogen and oxygen atoms in total. The van der Waals surface area contributed by atoms with Crippen LogP contribution >= 0.6 is 0 Å². The second-order valence-electron chi connectivity index (χ2n) is 13.2. The number of ether oxygens (including phenoxy) is 1. The van der Waals surface area contributed by atoms with Crippen molar-refractivity contribution in [2.45, 2.75) is 122 Å². The number of ketones is 1. The summed E-state index contributed by atoms with van der Waals surface area (Å²) in [6.07, 6.45) is 9.95. The lowest BCUT2D eigenvalue weighted by Crippen LogP contribution is -2.57. The Bertz CT molecular complexity index is 994. The van der Waals surface area contributed by atoms with Crippen molar-refractivity contribution >= 4 is 11.8 Å². The smallest absolute Gasteiger partial charge is 0.306 e. The number of rotatable bonds is 10. The van der Waals surface area contributed by atoms with Crippen LogP contribution in [0.5, 0.6) is 0 Å². The zero-order valence-electron chi connectivity index (χ0n) is 23.2. The van der Waals surface area contributed by atoms with Gasteiger partial charge in [-0.05, 0) is 31.4 Å². The molecule has 7 heteroatoms. The van der Waals surface area contributed by atoms with Crippen molar-refractivity contribution in [3.8, 4) is 0 Å². The van der Waals surface area contributed by atoms with Crippen LogP contribution in [0.25, 0.3) is 0 Å². The molecule has 0 amide bonds. The van der Waals surface area contributed by atoms with Gasteiger partial charge in [0.05, 0.1) is 12.2 Å². The number of aliphatic hydroxyl groups is 4. The number of aliphatic hydroxyl groups excluding tert-OH is 1. The maximum atomic E-state index is 13.3. The lowest BCUT2D eigenvalue weighted by molar-refractivity contribution is -0.176. The third-order valence-electron chi connectivity index (χ3n) is 9.84. The number of esters is 1. The highest BCUT2D eigenvalue weighted by Crippen LogP contribution is 2.74. The van der Waals surface area contributed by atoms with Gasteiger partial charge in [0.2, 0.25) is 0 Å². The van der Waals surface area contributed by atoms with Crippen LogP contribution in [-0.4, -0.2) is 61.7 Å². The van der Waals surface area contributed by atoms with Crippen molar-refractivity contribution in [3.63, 3.8) is 0 Å². The average Bonchev–Trinajstić information content (AvgIpc) is 3.25. The molecule has 0 saturated heterocycles. The summed E-state index contributed by atoms with van der Waals surface area (Å²) in [5.41, 5.74) is -6.02. The molecular formula is C30H46O7. The molecule has 0 aromatic heterocycles. The number of hydrogen-bond donors (Lipinski definition) is 4. The van der Waals surface area contributed by atoms with Crippen molar-refractivity contribution < 1.29 is 34.8 Å². The topological polar surface area (TPSA) is 124 Å². The quantitative estimate of drug-likeness (QED) is 0.197. The fourth-order valence-electron chi connectivity index (χ4n) is 7.71. The van der Waals surface area contributed by atoms with Crippen LogP contribution in [0, 0.1) is 22.7 Å². The Morgan fingerprint density at radius 2 is 1.65 bits per heavy atom. The second-order valence-corrected chi connectivity index (χ2v) is 13.2. The van der Waals surface area contributed by atoms with E-state index in [0.29, 0.717) is 12.0 Å². The summed E-state index contributed by atoms with van der Waals surface area (Å²) < 4.78 is 5.88. The van der Waals surface area contributed by atoms with Crippen molar-refractivity contribution in [3.05, 3.63) is 23.3 Å². The van der Waals surface area contributed by atoms with Gasteiger partial charge in [0.1, 0.15) is 11.7 Å². The summed E-state index contributed by atoms with van der Waals surface area (Å²) in [7, 11) is 0. The Balaban J connectivity index is 1.58. The van der Waals surface area contributed by atoms with Gasteiger partial charge in [-0.1, -0.05) is 71.4 Å². The lowest BCUT2D eigenvalue weighted by atomic mass is 9.66. The second kappa shape index (κ2) is 9.58. The Labute approximate surface area is 221 Å². The van der Waals surface area contributed by atoms with E-state index in [1.54, 1.807) is 26.0 Å². The molecule has 4 rings (SSSR count). The molecule has 0 heterocycles. The van der Waals surface area contributed by atoms with Crippen molar-refractivity contribution in [1.82, 2.24) is 0 Å². The Morgan fingerprint density at radius 1 is 1.03 bits per heavy atom. The average molecular weight is 519 g/mol. The normalized spacial score (nSPS) is 39.1. The van der Waals surface area contributed by atoms with Crippen LogP contribution in [0.1, 0.15) is 98.8 Å². The number of carbonyl (C=O) groups is 2. The molecule has 0 bridgehead atoms. The molecule has 0 aromatic carbocycles. The van der Waals surface area contributed by atoms with Gasteiger partial charge in [-0.2, -0.15) is 0 Å². The van der Waals surface area contributed by atoms with Crippen LogP contribution in [0.3, 0.4) is 0 Å². The molecule has 6 atom stereocenters. The minimum absolute atomic E-state index is 0.106. The van der Waals surface area contributed by atoms with E-state index >= 15 is 0 Å². The van der Waals surface area contributed by atoms with Crippen LogP contribution in [0.4, 0.5) is 0 Å². The fourth-order valence-corrected chi connectivity index (χ4v) is 7.71. The first kappa shape index (κ1) is 28.5. The molecule has 0 spiro atoms. The maximum absolute atomic E-state index is 13.3. The van der Waals surface area contributed by atoms with Gasteiger partial charge in [-0.15, -0.1) is 0 Å². The number of fused-ring (bicyclic) bond motifs is 5. The third-order valence-corrected chi connectivity index (χ3v) is 9.84. The third kappa shape index (κ3) is 4.34. The number of Topliss-reactive ketones (excluding diaryl/α,β-unsaturated/α-hetero) is 1. The molecule has 4 aliphatic rings. The molecule has 0 aliphatic heterocycles. The van der Waals surface area contributed by atoms with E-state index in [1.165, 1.54) is 19.3 Å². The van der Waals surface area contributed by atoms with Crippen molar-refractivity contribution in [2.75, 3.05) is 6.61 Å². The number of hydrogen-bond acceptors (Lipinski definition) is 7. The maximum Gasteiger partial charge on any atom is 0.306 e. The van der Waals surface area contributed by atoms with Crippen molar-refractivity contribution in [2.24, 2.45) is 22.7 Å². The van der Waals surface area contributed by atoms with Crippen LogP contribution in [0.2, 0.25) is 0 Å². The van der Waals surface area contributed by atoms with Gasteiger partial charge in [0, 0.05) is 41.9 Å². The SMILES string of the molecule is CCCCCCCCCC(=O)O[C@@H]1C[C@]2(O)C3=CC(C)(C)C(=O)[C@@]3(O)CC(CO)=C[C@H]2[C@@H]2C(C)(C)[C@@]21O. The zero-order valence-corrected chi connectivity index (χ0v) is 23.2. The summed E-state index contributed by atoms with van der Waals surface area (Å²) in [6, 6.07) is 0. The molecule has 2 saturated carbocycles. The number of unbranched alkanes of at least 4 members (excludes halogenated alkanes) is 6. The van der Waals surface area contributed by atoms with E-state index in [1.807, 2.05) is 13.8 Å². The first-order chi connectivity index (χ1) is 17.2. The fraction of sp³-hybridized carbons (Fsp3) is 0.800. The van der Waals surface area contributed by atoms with Crippen molar-refractivity contribution in [1.29, 1.82) is 0 Å². The number of carbonyl (C=O) groups excluding carboxylic acids is 2. The van der Waals surface area contributed by atoms with E-state index in [9.17, 15) is 30.0 Å². The summed E-state index contributed by atoms with van der Waals surface area (Å²) >= 11 is 0. The Kier molecular flexibility index (Phi) is 7.37. The van der Waals surface area contributed by atoms with Gasteiger partial charge in [0.15, 0.2) is 11.4 Å². The highest BCUT2D eigenvalue weighted by Gasteiger charge is 2.83. The van der Waals surface area contributed by atoms with Gasteiger partial charge in [-0.25, -0.2) is 0 Å². The van der Waals surface area contributed by atoms with Gasteiger partial charge >= 0.3 is 5.97 Å². The minimum atomic E-state index is -1.96. The predicted octanol–water partition coefficient (Wildman–Crippen LogP) is 3.77. The lowest BCUT2D eigenvalue weighted by Gasteiger charge is -2.46. The summed E-state index contributed by atoms with van der Waals surface area (Å²) in [5.74, 6) is -1.94. The molecule has 4 N–H and O–H groups in total. The first-order valence-corrected chi connectivity index (χ1v) is 14.2. The molecule has 208 valence electrons. The zero-order chi connectivity index (χ0) is 27.4. The molecule has 0 radical (unpaired) electrons. The molecule has 37 heavy (non-hydrogen) atoms. The summed E-state index contributed by atoms with van der Waals surface area (Å²) in [6.45, 7) is 9.01. The summed E-state index contributed by atoms with van der Waals surface area (Å²) in [4.78, 5) is 26.2. The Morgan fingerprint density at radius 3 is 2.27 bits per heavy atom. The highest BCUT2D eigenvalue weighted by atomic mass is 16.6. The van der Waals surface area contributed by atoms with Crippen LogP contribution in [0.15, 0.2) is 23.3 Å².